The van der Waals surface area contributed by atoms with Crippen LogP contribution in [0.2, 0.25) is 0 Å². The second-order valence-electron chi connectivity index (χ2n) is 8.11. The van der Waals surface area contributed by atoms with E-state index in [9.17, 15) is 0 Å². The molecule has 0 aliphatic carbocycles. The van der Waals surface area contributed by atoms with E-state index in [0.29, 0.717) is 0 Å². The maximum absolute atomic E-state index is 3.60. The van der Waals surface area contributed by atoms with Gasteiger partial charge in [0.25, 0.3) is 0 Å². The standard InChI is InChI=1S/2C10H9.C6H5.2C4H9.CH3.Si.Zr/c2*1-8-6-9-4-2-3-5-10(9)7-8;1-2-4-6-5-3-1;2*1-3-4-2;;;/h2*2-7H,1H3;1-5H;2*1,3-4H2,2H3;1H3;;/q6*-1;;. The van der Waals surface area contributed by atoms with Gasteiger partial charge in [-0.2, -0.15) is 61.4 Å². The van der Waals surface area contributed by atoms with Gasteiger partial charge in [0.05, 0.1) is 0 Å². The van der Waals surface area contributed by atoms with Crippen LogP contribution in [-0.4, -0.2) is 6.88 Å². The van der Waals surface area contributed by atoms with Crippen LogP contribution in [0.25, 0.3) is 21.5 Å². The monoisotopic (exact) mass is 582 g/mol. The topological polar surface area (TPSA) is 0 Å². The Kier molecular flexibility index (Phi) is 25.7. The van der Waals surface area contributed by atoms with Crippen molar-refractivity contribution in [1.29, 1.82) is 0 Å². The summed E-state index contributed by atoms with van der Waals surface area (Å²) in [5.41, 5.74) is 2.70. The molecule has 0 aromatic heterocycles. The third-order valence-corrected chi connectivity index (χ3v) is 4.84. The summed E-state index contributed by atoms with van der Waals surface area (Å²) >= 11 is 1.36. The van der Waals surface area contributed by atoms with Gasteiger partial charge in [-0.15, -0.1) is 81.2 Å². The van der Waals surface area contributed by atoms with Crippen molar-refractivity contribution in [3.05, 3.63) is 142 Å². The van der Waals surface area contributed by atoms with Crippen molar-refractivity contribution in [1.82, 2.24) is 0 Å². The van der Waals surface area contributed by atoms with Gasteiger partial charge in [0.2, 0.25) is 0 Å². The molecule has 5 aromatic rings. The second-order valence-corrected chi connectivity index (χ2v) is 8.11. The fraction of sp³-hybridized carbons (Fsp3) is 0.229. The Hall–Kier alpha value is -2.02. The Bertz CT molecular complexity index is 965. The Balaban J connectivity index is 0. The van der Waals surface area contributed by atoms with E-state index < -0.39 is 0 Å². The minimum atomic E-state index is 0. The summed E-state index contributed by atoms with van der Waals surface area (Å²) < 4.78 is 0. The van der Waals surface area contributed by atoms with Gasteiger partial charge in [-0.05, 0) is 0 Å². The van der Waals surface area contributed by atoms with Crippen LogP contribution in [0.3, 0.4) is 0 Å². The van der Waals surface area contributed by atoms with Gasteiger partial charge in [-0.25, -0.2) is 0 Å². The molecule has 0 bridgehead atoms. The molecule has 2 radical (unpaired) electrons. The van der Waals surface area contributed by atoms with Crippen molar-refractivity contribution in [2.45, 2.75) is 53.4 Å². The van der Waals surface area contributed by atoms with Crippen molar-refractivity contribution >= 4 is 28.4 Å². The van der Waals surface area contributed by atoms with Gasteiger partial charge in [-0.1, -0.05) is 52.7 Å². The largest absolute Gasteiger partial charge is 0.184 e. The number of fused-ring (bicyclic) bond motifs is 2. The quantitative estimate of drug-likeness (QED) is 0.143. The Morgan fingerprint density at radius 1 is 0.676 bits per heavy atom. The van der Waals surface area contributed by atoms with Gasteiger partial charge in [-0.3, -0.25) is 0 Å². The van der Waals surface area contributed by atoms with Crippen LogP contribution in [0, 0.1) is 41.2 Å². The molecule has 0 saturated carbocycles. The zero-order valence-corrected chi connectivity index (χ0v) is 27.0. The summed E-state index contributed by atoms with van der Waals surface area (Å²) in [6.45, 7) is 18.8. The number of hydrogen-bond acceptors (Lipinski definition) is 0. The first kappa shape index (κ1) is 37.1. The van der Waals surface area contributed by atoms with Crippen LogP contribution in [0.15, 0.2) is 103 Å². The molecule has 0 saturated heterocycles. The van der Waals surface area contributed by atoms with E-state index in [1.54, 1.807) is 0 Å². The van der Waals surface area contributed by atoms with Gasteiger partial charge in [0.1, 0.15) is 0 Å². The fourth-order valence-electron chi connectivity index (χ4n) is 2.95. The first-order valence-corrected chi connectivity index (χ1v) is 16.7. The maximum atomic E-state index is 3.60. The molecule has 5 rings (SSSR count). The third-order valence-electron chi connectivity index (χ3n) is 4.84. The van der Waals surface area contributed by atoms with E-state index in [1.165, 1.54) is 68.8 Å². The molecule has 2 heteroatoms. The number of hydrogen-bond donors (Lipinski definition) is 0. The molecule has 0 heterocycles. The van der Waals surface area contributed by atoms with Gasteiger partial charge in [0, 0.05) is 0 Å². The average molecular weight is 584 g/mol. The zero-order valence-electron chi connectivity index (χ0n) is 23.6. The fourth-order valence-corrected chi connectivity index (χ4v) is 2.95. The Labute approximate surface area is 245 Å². The summed E-state index contributed by atoms with van der Waals surface area (Å²) in [5.74, 6) is 0. The maximum Gasteiger partial charge on any atom is -0.171 e. The SMILES string of the molecule is Cc1cc2ccccc2[cH-]1.Cc1cc2ccccc2[cH-]1.[CH2-]CCC.[CH2-]CCC.[CH3-].[Si]=[Zr].[c-]1ccccc1. The molecule has 0 nitrogen and oxygen atoms in total. The van der Waals surface area contributed by atoms with Crippen LogP contribution in [-0.2, 0) is 23.3 Å². The molecular formula is C35H44SiZr-6. The zero-order chi connectivity index (χ0) is 27.0. The molecule has 0 amide bonds. The molecule has 0 unspecified atom stereocenters. The van der Waals surface area contributed by atoms with E-state index in [-0.39, 0.29) is 7.43 Å². The molecule has 0 atom stereocenters. The van der Waals surface area contributed by atoms with Crippen LogP contribution < -0.4 is 0 Å². The minimum Gasteiger partial charge on any atom is -0.184 e. The van der Waals surface area contributed by atoms with Crippen molar-refractivity contribution in [3.8, 4) is 0 Å². The third kappa shape index (κ3) is 18.0. The Morgan fingerprint density at radius 3 is 1.27 bits per heavy atom. The summed E-state index contributed by atoms with van der Waals surface area (Å²) in [5, 5.41) is 5.39. The first-order valence-electron chi connectivity index (χ1n) is 12.5. The van der Waals surface area contributed by atoms with Crippen molar-refractivity contribution in [2.24, 2.45) is 0 Å². The molecule has 0 fully saturated rings. The van der Waals surface area contributed by atoms with Crippen molar-refractivity contribution < 1.29 is 23.3 Å². The minimum absolute atomic E-state index is 0. The van der Waals surface area contributed by atoms with Crippen LogP contribution in [0.5, 0.6) is 0 Å². The smallest absolute Gasteiger partial charge is 0.171 e. The first-order chi connectivity index (χ1) is 17.5. The number of unbranched alkanes of at least 4 members (excludes halogenated alkanes) is 2. The molecule has 0 N–H and O–H groups in total. The van der Waals surface area contributed by atoms with E-state index in [0.717, 1.165) is 12.8 Å². The molecule has 5 aromatic carbocycles. The van der Waals surface area contributed by atoms with Crippen LogP contribution in [0.4, 0.5) is 0 Å². The average Bonchev–Trinajstić information content (AvgIpc) is 3.52. The predicted octanol–water partition coefficient (Wildman–Crippen LogP) is 10.5. The molecule has 0 aliphatic rings. The molecular weight excluding hydrogens is 540 g/mol. The van der Waals surface area contributed by atoms with Gasteiger partial charge in [0.15, 0.2) is 0 Å². The summed E-state index contributed by atoms with van der Waals surface area (Å²) in [4.78, 5) is 0. The van der Waals surface area contributed by atoms with Crippen LogP contribution in [0.1, 0.15) is 50.7 Å². The predicted molar refractivity (Wildman–Crippen MR) is 167 cm³/mol. The number of rotatable bonds is 2. The van der Waals surface area contributed by atoms with Crippen molar-refractivity contribution in [3.63, 3.8) is 0 Å². The van der Waals surface area contributed by atoms with E-state index >= 15 is 0 Å². The summed E-state index contributed by atoms with van der Waals surface area (Å²) in [6, 6.07) is 38.2. The molecule has 0 aliphatic heterocycles. The summed E-state index contributed by atoms with van der Waals surface area (Å²) in [6.07, 6.45) is 4.56. The second kappa shape index (κ2) is 25.6. The van der Waals surface area contributed by atoms with Crippen LogP contribution >= 0.6 is 0 Å². The number of benzene rings is 3. The summed E-state index contributed by atoms with van der Waals surface area (Å²) in [7, 11) is 0. The van der Waals surface area contributed by atoms with E-state index in [1.807, 2.05) is 30.3 Å². The molecule has 0 spiro atoms. The van der Waals surface area contributed by atoms with Gasteiger partial charge >= 0.3 is 30.2 Å². The Morgan fingerprint density at radius 2 is 1.03 bits per heavy atom. The normalized spacial score (nSPS) is 8.68. The van der Waals surface area contributed by atoms with Crippen molar-refractivity contribution in [2.75, 3.05) is 0 Å². The molecule has 37 heavy (non-hydrogen) atoms. The number of aryl methyl sites for hydroxylation is 2. The van der Waals surface area contributed by atoms with E-state index in [4.69, 9.17) is 0 Å². The van der Waals surface area contributed by atoms with Gasteiger partial charge < -0.3 is 21.3 Å². The molecule has 198 valence electrons. The van der Waals surface area contributed by atoms with E-state index in [2.05, 4.69) is 127 Å².